The summed E-state index contributed by atoms with van der Waals surface area (Å²) in [7, 11) is 0. The molecule has 0 bridgehead atoms. The average molecular weight is 378 g/mol. The zero-order chi connectivity index (χ0) is 13.1. The standard InChI is InChI=1S/C12H13ClIN3O/c1-2-8(15)6-11-16-12(18-17-11)9-5-7(13)3-4-10(9)14/h3-5,8H,2,6,15H2,1H3. The van der Waals surface area contributed by atoms with E-state index in [9.17, 15) is 0 Å². The first-order valence-electron chi connectivity index (χ1n) is 5.63. The minimum Gasteiger partial charge on any atom is -0.334 e. The second kappa shape index (κ2) is 5.99. The van der Waals surface area contributed by atoms with E-state index >= 15 is 0 Å². The van der Waals surface area contributed by atoms with Crippen LogP contribution in [0.5, 0.6) is 0 Å². The van der Waals surface area contributed by atoms with Gasteiger partial charge < -0.3 is 10.3 Å². The molecular weight excluding hydrogens is 365 g/mol. The van der Waals surface area contributed by atoms with Crippen LogP contribution in [0.1, 0.15) is 19.2 Å². The van der Waals surface area contributed by atoms with Crippen LogP contribution in [0, 0.1) is 3.57 Å². The van der Waals surface area contributed by atoms with Crippen LogP contribution >= 0.6 is 34.2 Å². The quantitative estimate of drug-likeness (QED) is 0.831. The van der Waals surface area contributed by atoms with Gasteiger partial charge in [0, 0.05) is 21.1 Å². The lowest BCUT2D eigenvalue weighted by atomic mass is 10.1. The van der Waals surface area contributed by atoms with Gasteiger partial charge in [0.15, 0.2) is 5.82 Å². The number of aromatic nitrogens is 2. The Morgan fingerprint density at radius 1 is 1.50 bits per heavy atom. The van der Waals surface area contributed by atoms with Gasteiger partial charge in [0.1, 0.15) is 0 Å². The number of rotatable bonds is 4. The highest BCUT2D eigenvalue weighted by atomic mass is 127. The maximum absolute atomic E-state index is 5.97. The normalized spacial score (nSPS) is 12.7. The van der Waals surface area contributed by atoms with Gasteiger partial charge in [0.2, 0.25) is 0 Å². The summed E-state index contributed by atoms with van der Waals surface area (Å²) in [4.78, 5) is 4.35. The molecule has 1 unspecified atom stereocenters. The van der Waals surface area contributed by atoms with E-state index in [-0.39, 0.29) is 6.04 Å². The molecule has 2 rings (SSSR count). The highest BCUT2D eigenvalue weighted by molar-refractivity contribution is 14.1. The Balaban J connectivity index is 2.26. The third-order valence-electron chi connectivity index (χ3n) is 2.60. The molecule has 2 N–H and O–H groups in total. The molecule has 96 valence electrons. The van der Waals surface area contributed by atoms with Crippen molar-refractivity contribution in [2.45, 2.75) is 25.8 Å². The smallest absolute Gasteiger partial charge is 0.259 e. The Morgan fingerprint density at radius 2 is 2.28 bits per heavy atom. The van der Waals surface area contributed by atoms with E-state index < -0.39 is 0 Å². The molecule has 4 nitrogen and oxygen atoms in total. The van der Waals surface area contributed by atoms with Crippen molar-refractivity contribution in [3.63, 3.8) is 0 Å². The molecule has 1 atom stereocenters. The lowest BCUT2D eigenvalue weighted by Crippen LogP contribution is -2.21. The number of hydrogen-bond acceptors (Lipinski definition) is 4. The van der Waals surface area contributed by atoms with E-state index in [0.717, 1.165) is 15.6 Å². The van der Waals surface area contributed by atoms with Crippen LogP contribution in [-0.2, 0) is 6.42 Å². The van der Waals surface area contributed by atoms with Gasteiger partial charge in [-0.3, -0.25) is 0 Å². The zero-order valence-electron chi connectivity index (χ0n) is 9.86. The molecule has 18 heavy (non-hydrogen) atoms. The summed E-state index contributed by atoms with van der Waals surface area (Å²) in [6, 6.07) is 5.63. The van der Waals surface area contributed by atoms with Crippen LogP contribution in [0.25, 0.3) is 11.5 Å². The first kappa shape index (κ1) is 13.8. The summed E-state index contributed by atoms with van der Waals surface area (Å²) < 4.78 is 6.27. The van der Waals surface area contributed by atoms with Crippen molar-refractivity contribution in [3.8, 4) is 11.5 Å². The fourth-order valence-electron chi connectivity index (χ4n) is 1.49. The lowest BCUT2D eigenvalue weighted by molar-refractivity contribution is 0.419. The second-order valence-electron chi connectivity index (χ2n) is 4.01. The molecule has 0 spiro atoms. The Kier molecular flexibility index (Phi) is 4.58. The van der Waals surface area contributed by atoms with Crippen molar-refractivity contribution in [1.29, 1.82) is 0 Å². The van der Waals surface area contributed by atoms with E-state index in [1.165, 1.54) is 0 Å². The Hall–Kier alpha value is -0.660. The van der Waals surface area contributed by atoms with Gasteiger partial charge in [-0.2, -0.15) is 4.98 Å². The van der Waals surface area contributed by atoms with E-state index in [2.05, 4.69) is 32.7 Å². The molecule has 2 aromatic rings. The molecule has 1 aromatic carbocycles. The van der Waals surface area contributed by atoms with Crippen molar-refractivity contribution in [2.24, 2.45) is 5.73 Å². The van der Waals surface area contributed by atoms with Gasteiger partial charge in [0.05, 0.1) is 5.56 Å². The molecule has 0 aliphatic heterocycles. The molecule has 1 aromatic heterocycles. The summed E-state index contributed by atoms with van der Waals surface area (Å²) in [5, 5.41) is 4.59. The predicted octanol–water partition coefficient (Wildman–Crippen LogP) is 3.27. The van der Waals surface area contributed by atoms with Crippen LogP contribution in [0.2, 0.25) is 5.02 Å². The highest BCUT2D eigenvalue weighted by Gasteiger charge is 2.14. The highest BCUT2D eigenvalue weighted by Crippen LogP contribution is 2.27. The van der Waals surface area contributed by atoms with Crippen LogP contribution < -0.4 is 5.73 Å². The van der Waals surface area contributed by atoms with Crippen molar-refractivity contribution in [2.75, 3.05) is 0 Å². The maximum Gasteiger partial charge on any atom is 0.259 e. The SMILES string of the molecule is CCC(N)Cc1noc(-c2cc(Cl)ccc2I)n1. The Labute approximate surface area is 124 Å². The number of benzene rings is 1. The van der Waals surface area contributed by atoms with Crippen LogP contribution in [-0.4, -0.2) is 16.2 Å². The summed E-state index contributed by atoms with van der Waals surface area (Å²) in [6.45, 7) is 2.03. The minimum absolute atomic E-state index is 0.0638. The van der Waals surface area contributed by atoms with Crippen LogP contribution in [0.15, 0.2) is 22.7 Å². The van der Waals surface area contributed by atoms with Gasteiger partial charge in [-0.05, 0) is 47.2 Å². The van der Waals surface area contributed by atoms with Crippen molar-refractivity contribution in [1.82, 2.24) is 10.1 Å². The molecule has 0 aliphatic carbocycles. The molecule has 1 heterocycles. The van der Waals surface area contributed by atoms with Gasteiger partial charge in [0.25, 0.3) is 5.89 Å². The zero-order valence-corrected chi connectivity index (χ0v) is 12.8. The van der Waals surface area contributed by atoms with E-state index in [0.29, 0.717) is 23.2 Å². The van der Waals surface area contributed by atoms with E-state index in [1.54, 1.807) is 0 Å². The Bertz CT molecular complexity index is 544. The number of nitrogens with two attached hydrogens (primary N) is 1. The third kappa shape index (κ3) is 3.21. The largest absolute Gasteiger partial charge is 0.334 e. The summed E-state index contributed by atoms with van der Waals surface area (Å²) >= 11 is 8.18. The second-order valence-corrected chi connectivity index (χ2v) is 5.61. The third-order valence-corrected chi connectivity index (χ3v) is 3.77. The number of halogens is 2. The summed E-state index contributed by atoms with van der Waals surface area (Å²) in [5.41, 5.74) is 6.72. The predicted molar refractivity (Wildman–Crippen MR) is 79.4 cm³/mol. The maximum atomic E-state index is 5.97. The van der Waals surface area contributed by atoms with Gasteiger partial charge in [-0.25, -0.2) is 0 Å². The van der Waals surface area contributed by atoms with Gasteiger partial charge in [-0.15, -0.1) is 0 Å². The monoisotopic (exact) mass is 377 g/mol. The lowest BCUT2D eigenvalue weighted by Gasteiger charge is -2.02. The first-order valence-corrected chi connectivity index (χ1v) is 7.09. The van der Waals surface area contributed by atoms with Crippen LogP contribution in [0.3, 0.4) is 0 Å². The summed E-state index contributed by atoms with van der Waals surface area (Å²) in [5.74, 6) is 1.12. The molecule has 0 saturated carbocycles. The van der Waals surface area contributed by atoms with E-state index in [1.807, 2.05) is 25.1 Å². The molecule has 0 aliphatic rings. The van der Waals surface area contributed by atoms with E-state index in [4.69, 9.17) is 21.9 Å². The fourth-order valence-corrected chi connectivity index (χ4v) is 2.22. The molecule has 0 fully saturated rings. The van der Waals surface area contributed by atoms with Crippen molar-refractivity contribution in [3.05, 3.63) is 32.6 Å². The van der Waals surface area contributed by atoms with Crippen molar-refractivity contribution >= 4 is 34.2 Å². The average Bonchev–Trinajstić information content (AvgIpc) is 2.80. The number of hydrogen-bond donors (Lipinski definition) is 1. The molecule has 0 saturated heterocycles. The number of nitrogens with zero attached hydrogens (tertiary/aromatic N) is 2. The summed E-state index contributed by atoms with van der Waals surface area (Å²) in [6.07, 6.45) is 1.51. The molecular formula is C12H13ClIN3O. The topological polar surface area (TPSA) is 64.9 Å². The van der Waals surface area contributed by atoms with Crippen LogP contribution in [0.4, 0.5) is 0 Å². The molecule has 6 heteroatoms. The minimum atomic E-state index is 0.0638. The first-order chi connectivity index (χ1) is 8.60. The molecule has 0 amide bonds. The van der Waals surface area contributed by atoms with Crippen molar-refractivity contribution < 1.29 is 4.52 Å². The Morgan fingerprint density at radius 3 is 3.00 bits per heavy atom. The van der Waals surface area contributed by atoms with Gasteiger partial charge >= 0.3 is 0 Å². The molecule has 0 radical (unpaired) electrons. The van der Waals surface area contributed by atoms with Gasteiger partial charge in [-0.1, -0.05) is 23.7 Å². The fraction of sp³-hybridized carbons (Fsp3) is 0.333.